The first-order valence-corrected chi connectivity index (χ1v) is 6.96. The van der Waals surface area contributed by atoms with E-state index in [-0.39, 0.29) is 11.9 Å². The van der Waals surface area contributed by atoms with Gasteiger partial charge in [0.15, 0.2) is 0 Å². The van der Waals surface area contributed by atoms with Crippen LogP contribution in [-0.2, 0) is 6.42 Å². The second-order valence-electron chi connectivity index (χ2n) is 3.95. The molecule has 0 aliphatic carbocycles. The molecule has 2 aromatic rings. The molecule has 0 bridgehead atoms. The van der Waals surface area contributed by atoms with Gasteiger partial charge >= 0.3 is 0 Å². The van der Waals surface area contributed by atoms with Gasteiger partial charge in [-0.25, -0.2) is 4.39 Å². The topological polar surface area (TPSA) is 38.9 Å². The first-order valence-electron chi connectivity index (χ1n) is 5.37. The molecule has 1 aromatic carbocycles. The van der Waals surface area contributed by atoms with Crippen LogP contribution in [0.1, 0.15) is 17.3 Å². The number of hydrogen-bond acceptors (Lipinski definition) is 2. The van der Waals surface area contributed by atoms with Gasteiger partial charge in [-0.2, -0.15) is 0 Å². The molecule has 0 aliphatic heterocycles. The lowest BCUT2D eigenvalue weighted by Crippen LogP contribution is -2.15. The minimum absolute atomic E-state index is 0.254. The van der Waals surface area contributed by atoms with E-state index < -0.39 is 0 Å². The standard InChI is InChI=1S/C13H11Br2FN2/c14-9-1-4-13(18-7-9)12(17)6-8-5-10(16)2-3-11(8)15/h1-5,7,12H,6,17H2. The Labute approximate surface area is 122 Å². The first-order chi connectivity index (χ1) is 8.56. The molecule has 1 atom stereocenters. The van der Waals surface area contributed by atoms with E-state index in [0.717, 1.165) is 20.2 Å². The third-order valence-electron chi connectivity index (χ3n) is 2.58. The van der Waals surface area contributed by atoms with Gasteiger partial charge in [0.2, 0.25) is 0 Å². The lowest BCUT2D eigenvalue weighted by atomic mass is 10.0. The van der Waals surface area contributed by atoms with Crippen LogP contribution in [0.4, 0.5) is 4.39 Å². The molecule has 0 saturated heterocycles. The van der Waals surface area contributed by atoms with E-state index in [4.69, 9.17) is 5.73 Å². The summed E-state index contributed by atoms with van der Waals surface area (Å²) < 4.78 is 14.9. The molecule has 94 valence electrons. The Bertz CT molecular complexity index is 543. The predicted molar refractivity (Wildman–Crippen MR) is 76.7 cm³/mol. The molecule has 5 heteroatoms. The average Bonchev–Trinajstić information content (AvgIpc) is 2.34. The first kappa shape index (κ1) is 13.6. The van der Waals surface area contributed by atoms with E-state index in [1.54, 1.807) is 12.3 Å². The van der Waals surface area contributed by atoms with Crippen molar-refractivity contribution < 1.29 is 4.39 Å². The van der Waals surface area contributed by atoms with Crippen LogP contribution in [0.5, 0.6) is 0 Å². The van der Waals surface area contributed by atoms with E-state index >= 15 is 0 Å². The van der Waals surface area contributed by atoms with Crippen LogP contribution in [0.25, 0.3) is 0 Å². The van der Waals surface area contributed by atoms with Gasteiger partial charge in [-0.05, 0) is 58.2 Å². The SMILES string of the molecule is NC(Cc1cc(F)ccc1Br)c1ccc(Br)cn1. The van der Waals surface area contributed by atoms with Gasteiger partial charge in [-0.1, -0.05) is 15.9 Å². The summed E-state index contributed by atoms with van der Waals surface area (Å²) in [6.07, 6.45) is 2.24. The highest BCUT2D eigenvalue weighted by molar-refractivity contribution is 9.10. The van der Waals surface area contributed by atoms with Gasteiger partial charge < -0.3 is 5.73 Å². The smallest absolute Gasteiger partial charge is 0.123 e. The Kier molecular flexibility index (Phi) is 4.48. The zero-order valence-electron chi connectivity index (χ0n) is 9.41. The summed E-state index contributed by atoms with van der Waals surface area (Å²) in [5.41, 5.74) is 7.70. The van der Waals surface area contributed by atoms with Crippen LogP contribution in [0.15, 0.2) is 45.5 Å². The fraction of sp³-hybridized carbons (Fsp3) is 0.154. The third kappa shape index (κ3) is 3.37. The molecule has 2 N–H and O–H groups in total. The number of aromatic nitrogens is 1. The van der Waals surface area contributed by atoms with Gasteiger partial charge in [-0.3, -0.25) is 4.98 Å². The number of pyridine rings is 1. The number of nitrogens with zero attached hydrogens (tertiary/aromatic N) is 1. The molecule has 2 nitrogen and oxygen atoms in total. The number of rotatable bonds is 3. The van der Waals surface area contributed by atoms with Crippen LogP contribution in [0, 0.1) is 5.82 Å². The largest absolute Gasteiger partial charge is 0.322 e. The van der Waals surface area contributed by atoms with Crippen molar-refractivity contribution in [3.63, 3.8) is 0 Å². The Balaban J connectivity index is 2.18. The molecule has 1 heterocycles. The average molecular weight is 374 g/mol. The maximum atomic E-state index is 13.2. The van der Waals surface area contributed by atoms with Crippen molar-refractivity contribution in [3.05, 3.63) is 62.5 Å². The van der Waals surface area contributed by atoms with Crippen molar-refractivity contribution in [1.29, 1.82) is 0 Å². The summed E-state index contributed by atoms with van der Waals surface area (Å²) in [6, 6.07) is 8.09. The molecule has 2 rings (SSSR count). The second-order valence-corrected chi connectivity index (χ2v) is 5.72. The zero-order valence-corrected chi connectivity index (χ0v) is 12.6. The van der Waals surface area contributed by atoms with Crippen molar-refractivity contribution in [3.8, 4) is 0 Å². The Morgan fingerprint density at radius 2 is 2.00 bits per heavy atom. The highest BCUT2D eigenvalue weighted by Gasteiger charge is 2.11. The van der Waals surface area contributed by atoms with E-state index in [9.17, 15) is 4.39 Å². The van der Waals surface area contributed by atoms with Crippen LogP contribution < -0.4 is 5.73 Å². The quantitative estimate of drug-likeness (QED) is 0.883. The number of hydrogen-bond donors (Lipinski definition) is 1. The van der Waals surface area contributed by atoms with Gasteiger partial charge in [0, 0.05) is 15.1 Å². The van der Waals surface area contributed by atoms with Crippen molar-refractivity contribution in [2.24, 2.45) is 5.73 Å². The molecule has 0 aliphatic rings. The summed E-state index contributed by atoms with van der Waals surface area (Å²) in [7, 11) is 0. The van der Waals surface area contributed by atoms with E-state index in [0.29, 0.717) is 6.42 Å². The molecular weight excluding hydrogens is 363 g/mol. The molecule has 0 radical (unpaired) electrons. The number of nitrogens with two attached hydrogens (primary N) is 1. The molecule has 0 amide bonds. The maximum Gasteiger partial charge on any atom is 0.123 e. The van der Waals surface area contributed by atoms with Crippen molar-refractivity contribution in [1.82, 2.24) is 4.98 Å². The summed E-state index contributed by atoms with van der Waals surface area (Å²) in [6.45, 7) is 0. The highest BCUT2D eigenvalue weighted by atomic mass is 79.9. The number of halogens is 3. The number of benzene rings is 1. The van der Waals surface area contributed by atoms with Crippen LogP contribution in [0.2, 0.25) is 0 Å². The van der Waals surface area contributed by atoms with Crippen molar-refractivity contribution in [2.75, 3.05) is 0 Å². The van der Waals surface area contributed by atoms with Gasteiger partial charge in [0.1, 0.15) is 5.82 Å². The molecule has 1 unspecified atom stereocenters. The highest BCUT2D eigenvalue weighted by Crippen LogP contribution is 2.23. The normalized spacial score (nSPS) is 12.4. The molecular formula is C13H11Br2FN2. The molecule has 0 fully saturated rings. The second kappa shape index (κ2) is 5.91. The summed E-state index contributed by atoms with van der Waals surface area (Å²) >= 11 is 6.72. The summed E-state index contributed by atoms with van der Waals surface area (Å²) in [5, 5.41) is 0. The molecule has 0 saturated carbocycles. The Morgan fingerprint density at radius 1 is 1.22 bits per heavy atom. The fourth-order valence-corrected chi connectivity index (χ4v) is 2.29. The lowest BCUT2D eigenvalue weighted by molar-refractivity contribution is 0.620. The molecule has 18 heavy (non-hydrogen) atoms. The van der Waals surface area contributed by atoms with Gasteiger partial charge in [0.05, 0.1) is 11.7 Å². The van der Waals surface area contributed by atoms with Crippen LogP contribution >= 0.6 is 31.9 Å². The van der Waals surface area contributed by atoms with Crippen LogP contribution in [0.3, 0.4) is 0 Å². The van der Waals surface area contributed by atoms with Gasteiger partial charge in [0.25, 0.3) is 0 Å². The van der Waals surface area contributed by atoms with Gasteiger partial charge in [-0.15, -0.1) is 0 Å². The van der Waals surface area contributed by atoms with E-state index in [2.05, 4.69) is 36.8 Å². The third-order valence-corrected chi connectivity index (χ3v) is 3.82. The zero-order chi connectivity index (χ0) is 13.1. The van der Waals surface area contributed by atoms with E-state index in [1.165, 1.54) is 12.1 Å². The van der Waals surface area contributed by atoms with Crippen molar-refractivity contribution >= 4 is 31.9 Å². The van der Waals surface area contributed by atoms with Crippen molar-refractivity contribution in [2.45, 2.75) is 12.5 Å². The summed E-state index contributed by atoms with van der Waals surface area (Å²) in [5.74, 6) is -0.260. The lowest BCUT2D eigenvalue weighted by Gasteiger charge is -2.12. The molecule has 0 spiro atoms. The minimum Gasteiger partial charge on any atom is -0.322 e. The summed E-state index contributed by atoms with van der Waals surface area (Å²) in [4.78, 5) is 4.25. The fourth-order valence-electron chi connectivity index (χ4n) is 1.65. The molecule has 1 aromatic heterocycles. The maximum absolute atomic E-state index is 13.2. The Hall–Kier alpha value is -0.780. The minimum atomic E-state index is -0.260. The predicted octanol–water partition coefficient (Wildman–Crippen LogP) is 3.99. The Morgan fingerprint density at radius 3 is 2.67 bits per heavy atom. The van der Waals surface area contributed by atoms with E-state index in [1.807, 2.05) is 12.1 Å². The monoisotopic (exact) mass is 372 g/mol. The van der Waals surface area contributed by atoms with Crippen LogP contribution in [-0.4, -0.2) is 4.98 Å².